The van der Waals surface area contributed by atoms with Gasteiger partial charge in [0.15, 0.2) is 11.6 Å². The van der Waals surface area contributed by atoms with Crippen molar-refractivity contribution in [3.8, 4) is 6.07 Å². The average Bonchev–Trinajstić information content (AvgIpc) is 3.77. The van der Waals surface area contributed by atoms with Crippen LogP contribution in [0.3, 0.4) is 0 Å². The van der Waals surface area contributed by atoms with E-state index < -0.39 is 33.0 Å². The summed E-state index contributed by atoms with van der Waals surface area (Å²) in [6.07, 6.45) is 14.1. The van der Waals surface area contributed by atoms with E-state index >= 15 is 0 Å². The second kappa shape index (κ2) is 16.8. The van der Waals surface area contributed by atoms with E-state index in [-0.39, 0.29) is 83.3 Å². The Morgan fingerprint density at radius 1 is 0.934 bits per heavy atom. The molecule has 0 unspecified atom stereocenters. The summed E-state index contributed by atoms with van der Waals surface area (Å²) in [6.45, 7) is 13.2. The predicted molar refractivity (Wildman–Crippen MR) is 232 cm³/mol. The molecule has 2 aliphatic heterocycles. The van der Waals surface area contributed by atoms with E-state index in [1.54, 1.807) is 6.08 Å². The smallest absolute Gasteiger partial charge is 0.315 e. The van der Waals surface area contributed by atoms with Gasteiger partial charge in [0, 0.05) is 41.7 Å². The van der Waals surface area contributed by atoms with Crippen LogP contribution in [0.5, 0.6) is 0 Å². The molecule has 2 saturated heterocycles. The van der Waals surface area contributed by atoms with Gasteiger partial charge in [0.05, 0.1) is 35.6 Å². The Morgan fingerprint density at radius 3 is 2.41 bits per heavy atom. The van der Waals surface area contributed by atoms with Crippen LogP contribution in [0.2, 0.25) is 0 Å². The van der Waals surface area contributed by atoms with Crippen molar-refractivity contribution in [1.29, 1.82) is 5.26 Å². The highest BCUT2D eigenvalue weighted by atomic mass is 32.2. The maximum Gasteiger partial charge on any atom is 0.315 e. The van der Waals surface area contributed by atoms with Crippen LogP contribution < -0.4 is 16.0 Å². The molecule has 0 radical (unpaired) electrons. The number of Topliss-reactive ketones (excluding diaryl/α,β-unsaturated/α-hetero) is 1. The lowest BCUT2D eigenvalue weighted by Gasteiger charge is -2.68. The van der Waals surface area contributed by atoms with Crippen molar-refractivity contribution < 1.29 is 38.2 Å². The SMILES string of the molecule is COC(=O)[C@]12CCC(C)(C)C[C@H]1[C@H]1C(=O)C=C3[C@@]4(C)C=C(C#N)C(=O)[C@@](C)(COC(=O)CCCCCNC(=O)CCCC[C@@H]5SC[C@@H]6NC(=O)N[C@@H]65)[C@@H]4CC[C@@]3(C)[C@]1(C)CC2. The number of unbranched alkanes of at least 4 members (excludes halogenated alkanes) is 3. The summed E-state index contributed by atoms with van der Waals surface area (Å²) in [6, 6.07) is 2.47. The molecule has 5 fully saturated rings. The van der Waals surface area contributed by atoms with Gasteiger partial charge in [-0.1, -0.05) is 59.1 Å². The topological polar surface area (TPSA) is 181 Å². The number of nitriles is 1. The number of carbonyl (C=O) groups is 6. The van der Waals surface area contributed by atoms with Crippen molar-refractivity contribution in [3.05, 3.63) is 23.3 Å². The number of fused-ring (bicyclic) bond motifs is 8. The van der Waals surface area contributed by atoms with Gasteiger partial charge in [0.1, 0.15) is 12.7 Å². The second-order valence-electron chi connectivity index (χ2n) is 21.3. The minimum absolute atomic E-state index is 0.0171. The minimum Gasteiger partial charge on any atom is -0.469 e. The first-order valence-corrected chi connectivity index (χ1v) is 24.0. The van der Waals surface area contributed by atoms with Gasteiger partial charge in [-0.25, -0.2) is 4.79 Å². The summed E-state index contributed by atoms with van der Waals surface area (Å²) in [5, 5.41) is 19.7. The number of amides is 3. The lowest BCUT2D eigenvalue weighted by molar-refractivity contribution is -0.191. The van der Waals surface area contributed by atoms with Gasteiger partial charge >= 0.3 is 18.0 Å². The molecule has 11 atom stereocenters. The number of hydrogen-bond donors (Lipinski definition) is 3. The Hall–Kier alpha value is -3.66. The van der Waals surface area contributed by atoms with E-state index in [1.165, 1.54) is 7.11 Å². The zero-order valence-electron chi connectivity index (χ0n) is 37.5. The van der Waals surface area contributed by atoms with Crippen molar-refractivity contribution in [2.24, 2.45) is 50.2 Å². The molecule has 3 N–H and O–H groups in total. The number of thioether (sulfide) groups is 1. The van der Waals surface area contributed by atoms with Crippen LogP contribution in [0.15, 0.2) is 23.3 Å². The quantitative estimate of drug-likeness (QED) is 0.0911. The van der Waals surface area contributed by atoms with Crippen LogP contribution in [-0.2, 0) is 33.4 Å². The number of ketones is 2. The number of allylic oxidation sites excluding steroid dienone is 4. The zero-order valence-corrected chi connectivity index (χ0v) is 38.3. The third kappa shape index (κ3) is 7.77. The summed E-state index contributed by atoms with van der Waals surface area (Å²) >= 11 is 1.88. The van der Waals surface area contributed by atoms with E-state index in [9.17, 15) is 34.0 Å². The van der Waals surface area contributed by atoms with Gasteiger partial charge < -0.3 is 25.4 Å². The highest BCUT2D eigenvalue weighted by Gasteiger charge is 2.71. The molecule has 5 aliphatic carbocycles. The number of carbonyl (C=O) groups excluding carboxylic acids is 6. The summed E-state index contributed by atoms with van der Waals surface area (Å²) in [5.74, 6) is -0.763. The number of nitrogens with one attached hydrogen (secondary N) is 3. The molecule has 12 nitrogen and oxygen atoms in total. The number of methoxy groups -OCH3 is 1. The Labute approximate surface area is 366 Å². The first-order chi connectivity index (χ1) is 28.8. The predicted octanol–water partition coefficient (Wildman–Crippen LogP) is 7.30. The first-order valence-electron chi connectivity index (χ1n) is 22.9. The van der Waals surface area contributed by atoms with Crippen LogP contribution in [0, 0.1) is 61.6 Å². The van der Waals surface area contributed by atoms with E-state index in [0.717, 1.165) is 62.7 Å². The molecule has 3 amide bonds. The van der Waals surface area contributed by atoms with Crippen molar-refractivity contribution >= 4 is 47.2 Å². The standard InChI is InChI=1S/C48H68N4O8S/c1-43(2)18-20-48(41(57)59-7)21-19-47(6)38(30(48)25-43)32(53)23-35-44(3)24-29(26-49)40(56)45(4,34(44)16-17-46(35,47)5)28-60-37(55)15-9-8-12-22-50-36(54)14-11-10-13-33-39-31(27-61-33)51-42(58)52-39/h23-24,30-31,33-34,38-39H,8-22,25,27-28H2,1-7H3,(H,50,54)(H2,51,52,58)/t30-,31-,33-,34+,38-,39-,44-,45-,46+,47+,48-/m0/s1. The molecule has 3 saturated carbocycles. The van der Waals surface area contributed by atoms with Gasteiger partial charge in [-0.3, -0.25) is 24.0 Å². The summed E-state index contributed by atoms with van der Waals surface area (Å²) in [7, 11) is 1.46. The molecular weight excluding hydrogens is 793 g/mol. The molecule has 334 valence electrons. The largest absolute Gasteiger partial charge is 0.469 e. The highest BCUT2D eigenvalue weighted by molar-refractivity contribution is 8.00. The van der Waals surface area contributed by atoms with Crippen LogP contribution in [0.4, 0.5) is 4.79 Å². The molecule has 61 heavy (non-hydrogen) atoms. The number of nitrogens with zero attached hydrogens (tertiary/aromatic N) is 1. The molecule has 0 aromatic carbocycles. The second-order valence-corrected chi connectivity index (χ2v) is 22.6. The fourth-order valence-corrected chi connectivity index (χ4v) is 15.2. The molecular formula is C48H68N4O8S. The van der Waals surface area contributed by atoms with Gasteiger partial charge in [-0.2, -0.15) is 17.0 Å². The normalized spacial score (nSPS) is 39.3. The monoisotopic (exact) mass is 860 g/mol. The van der Waals surface area contributed by atoms with Gasteiger partial charge in [-0.15, -0.1) is 0 Å². The van der Waals surface area contributed by atoms with Gasteiger partial charge in [0.2, 0.25) is 5.91 Å². The highest BCUT2D eigenvalue weighted by Crippen LogP contribution is 2.74. The van der Waals surface area contributed by atoms with Crippen molar-refractivity contribution in [3.63, 3.8) is 0 Å². The fourth-order valence-electron chi connectivity index (χ4n) is 13.7. The molecule has 0 spiro atoms. The summed E-state index contributed by atoms with van der Waals surface area (Å²) < 4.78 is 11.4. The van der Waals surface area contributed by atoms with Gasteiger partial charge in [-0.05, 0) is 112 Å². The molecule has 0 aromatic rings. The van der Waals surface area contributed by atoms with Crippen molar-refractivity contribution in [2.45, 2.75) is 155 Å². The van der Waals surface area contributed by atoms with Gasteiger partial charge in [0.25, 0.3) is 0 Å². The lowest BCUT2D eigenvalue weighted by atomic mass is 9.34. The van der Waals surface area contributed by atoms with E-state index in [2.05, 4.69) is 56.6 Å². The number of esters is 2. The van der Waals surface area contributed by atoms with Crippen LogP contribution in [-0.4, -0.2) is 78.8 Å². The van der Waals surface area contributed by atoms with Crippen molar-refractivity contribution in [1.82, 2.24) is 16.0 Å². The molecule has 7 rings (SSSR count). The first kappa shape index (κ1) is 45.4. The fraction of sp³-hybridized carbons (Fsp3) is 0.771. The molecule has 0 aromatic heterocycles. The van der Waals surface area contributed by atoms with E-state index in [0.29, 0.717) is 50.3 Å². The molecule has 7 aliphatic rings. The molecule has 2 heterocycles. The van der Waals surface area contributed by atoms with Crippen molar-refractivity contribution in [2.75, 3.05) is 26.0 Å². The average molecular weight is 861 g/mol. The number of rotatable bonds is 14. The molecule has 13 heteroatoms. The summed E-state index contributed by atoms with van der Waals surface area (Å²) in [5.41, 5.74) is -2.60. The number of ether oxygens (including phenoxy) is 2. The minimum atomic E-state index is -1.17. The van der Waals surface area contributed by atoms with Crippen LogP contribution in [0.25, 0.3) is 0 Å². The third-order valence-electron chi connectivity index (χ3n) is 17.3. The van der Waals surface area contributed by atoms with Crippen LogP contribution in [0.1, 0.15) is 138 Å². The van der Waals surface area contributed by atoms with Crippen LogP contribution >= 0.6 is 11.8 Å². The number of urea groups is 1. The summed E-state index contributed by atoms with van der Waals surface area (Å²) in [4.78, 5) is 79.8. The Morgan fingerprint density at radius 2 is 1.67 bits per heavy atom. The Bertz CT molecular complexity index is 1940. The Balaban J connectivity index is 0.942. The maximum atomic E-state index is 14.8. The molecule has 0 bridgehead atoms. The van der Waals surface area contributed by atoms with E-state index in [4.69, 9.17) is 9.47 Å². The lowest BCUT2D eigenvalue weighted by Crippen LogP contribution is -2.66. The maximum absolute atomic E-state index is 14.8. The number of hydrogen-bond acceptors (Lipinski definition) is 10. The zero-order chi connectivity index (χ0) is 44.2. The Kier molecular flexibility index (Phi) is 12.5. The van der Waals surface area contributed by atoms with E-state index in [1.807, 2.05) is 24.8 Å². The third-order valence-corrected chi connectivity index (χ3v) is 18.8.